The van der Waals surface area contributed by atoms with Crippen LogP contribution in [0.1, 0.15) is 11.1 Å². The van der Waals surface area contributed by atoms with Gasteiger partial charge >= 0.3 is 7.12 Å². The second-order valence-electron chi connectivity index (χ2n) is 12.0. The number of hydrogen-bond donors (Lipinski definition) is 0. The Kier molecular flexibility index (Phi) is 8.07. The van der Waals surface area contributed by atoms with E-state index >= 15 is 39.5 Å². The van der Waals surface area contributed by atoms with Crippen molar-refractivity contribution in [3.05, 3.63) is 134 Å². The van der Waals surface area contributed by atoms with Gasteiger partial charge in [0.25, 0.3) is 0 Å². The lowest BCUT2D eigenvalue weighted by atomic mass is 9.73. The SMILES string of the molecule is Fc1cccc2c1-c1c(F)c(F)c(F)c(B(Oc3c(F)c(F)c(F)c(F)c3F)Oc3c(F)c(F)c4c(F)c(F)c5c(F)c(F)c(F)c6c(F)c(F)c3c4c56)c1C2. The van der Waals surface area contributed by atoms with Gasteiger partial charge in [-0.1, -0.05) is 12.1 Å². The molecule has 1 aliphatic rings. The molecule has 0 saturated heterocycles. The Morgan fingerprint density at radius 3 is 1.30 bits per heavy atom. The van der Waals surface area contributed by atoms with Crippen molar-refractivity contribution in [3.63, 3.8) is 0 Å². The molecular weight excluding hydrogens is 805 g/mol. The first-order valence-corrected chi connectivity index (χ1v) is 15.0. The summed E-state index contributed by atoms with van der Waals surface area (Å²) in [4.78, 5) is 0. The minimum absolute atomic E-state index is 0.304. The fraction of sp³-hybridized carbons (Fsp3) is 0.0286. The maximum Gasteiger partial charge on any atom is 0.636 e. The Labute approximate surface area is 296 Å². The van der Waals surface area contributed by atoms with Gasteiger partial charge in [0, 0.05) is 21.9 Å². The summed E-state index contributed by atoms with van der Waals surface area (Å²) in [5.41, 5.74) is -5.11. The van der Waals surface area contributed by atoms with Crippen LogP contribution in [0.15, 0.2) is 18.2 Å². The second kappa shape index (κ2) is 12.2. The van der Waals surface area contributed by atoms with E-state index in [1.165, 1.54) is 0 Å². The van der Waals surface area contributed by atoms with Crippen LogP contribution in [0.2, 0.25) is 0 Å². The molecule has 0 fully saturated rings. The van der Waals surface area contributed by atoms with Crippen LogP contribution >= 0.6 is 0 Å². The highest BCUT2D eigenvalue weighted by Gasteiger charge is 2.45. The monoisotopic (exact) mass is 810 g/mol. The van der Waals surface area contributed by atoms with E-state index in [-0.39, 0.29) is 5.56 Å². The first kappa shape index (κ1) is 36.9. The molecule has 0 aliphatic heterocycles. The Bertz CT molecular complexity index is 2900. The fourth-order valence-corrected chi connectivity index (χ4v) is 6.85. The molecule has 0 radical (unpaired) electrons. The standard InChI is InChI=1S/C35H5BF18O2/c37-7-3-1-2-5-4-6-9(8(5)7)17(38)27(48)25(46)16(6)36(56-35-32(53)29(50)28(49)30(51)33(35)54)55-34-15-11-10-12(18(39)19(40)14(11)23(44)31(34)52)21(42)26(47)22(43)13(10)20(41)24(15)45/h1-3H,4H2. The maximum atomic E-state index is 16.0. The first-order valence-electron chi connectivity index (χ1n) is 15.0. The molecule has 7 aromatic rings. The van der Waals surface area contributed by atoms with Crippen molar-refractivity contribution in [2.45, 2.75) is 6.42 Å². The number of halogens is 18. The summed E-state index contributed by atoms with van der Waals surface area (Å²) >= 11 is 0. The van der Waals surface area contributed by atoms with Crippen LogP contribution < -0.4 is 14.8 Å². The second-order valence-corrected chi connectivity index (χ2v) is 12.0. The van der Waals surface area contributed by atoms with Gasteiger partial charge in [-0.15, -0.1) is 0 Å². The molecule has 0 N–H and O–H groups in total. The van der Waals surface area contributed by atoms with Gasteiger partial charge in [-0.05, 0) is 23.6 Å². The highest BCUT2D eigenvalue weighted by molar-refractivity contribution is 6.64. The van der Waals surface area contributed by atoms with Gasteiger partial charge in [-0.2, -0.15) is 13.2 Å². The van der Waals surface area contributed by atoms with Gasteiger partial charge in [0.2, 0.25) is 29.1 Å². The van der Waals surface area contributed by atoms with E-state index in [2.05, 4.69) is 0 Å². The van der Waals surface area contributed by atoms with Crippen molar-refractivity contribution in [3.8, 4) is 22.6 Å². The van der Waals surface area contributed by atoms with Crippen LogP contribution in [-0.4, -0.2) is 7.12 Å². The van der Waals surface area contributed by atoms with E-state index < -0.39 is 184 Å². The third-order valence-corrected chi connectivity index (χ3v) is 9.22. The van der Waals surface area contributed by atoms with Gasteiger partial charge in [-0.25, -0.2) is 65.9 Å². The molecule has 0 spiro atoms. The van der Waals surface area contributed by atoms with Crippen LogP contribution in [0, 0.1) is 105 Å². The predicted octanol–water partition coefficient (Wildman–Crippen LogP) is 10.5. The molecule has 56 heavy (non-hydrogen) atoms. The summed E-state index contributed by atoms with van der Waals surface area (Å²) in [6, 6.07) is 2.73. The van der Waals surface area contributed by atoms with Gasteiger partial charge in [0.05, 0.1) is 27.0 Å². The third kappa shape index (κ3) is 4.59. The molecule has 1 aliphatic carbocycles. The van der Waals surface area contributed by atoms with E-state index in [9.17, 15) is 39.5 Å². The molecule has 0 heterocycles. The average molecular weight is 810 g/mol. The van der Waals surface area contributed by atoms with E-state index in [0.29, 0.717) is 6.07 Å². The Hall–Kier alpha value is -6.02. The molecule has 0 atom stereocenters. The predicted molar refractivity (Wildman–Crippen MR) is 157 cm³/mol. The minimum atomic E-state index is -3.59. The smallest absolute Gasteiger partial charge is 0.519 e. The quantitative estimate of drug-likeness (QED) is 0.0567. The highest BCUT2D eigenvalue weighted by atomic mass is 19.2. The molecule has 7 aromatic carbocycles. The van der Waals surface area contributed by atoms with Crippen molar-refractivity contribution in [2.24, 2.45) is 0 Å². The summed E-state index contributed by atoms with van der Waals surface area (Å²) in [5.74, 6) is -51.8. The lowest BCUT2D eigenvalue weighted by Crippen LogP contribution is -2.48. The normalized spacial score (nSPS) is 12.4. The van der Waals surface area contributed by atoms with E-state index in [4.69, 9.17) is 9.31 Å². The molecule has 286 valence electrons. The van der Waals surface area contributed by atoms with Crippen LogP contribution in [0.4, 0.5) is 79.0 Å². The zero-order valence-corrected chi connectivity index (χ0v) is 26.1. The molecular formula is C35H5BF18O2. The molecule has 0 aromatic heterocycles. The van der Waals surface area contributed by atoms with Crippen molar-refractivity contribution >= 4 is 44.9 Å². The van der Waals surface area contributed by atoms with Crippen molar-refractivity contribution < 1.29 is 88.3 Å². The maximum absolute atomic E-state index is 16.0. The minimum Gasteiger partial charge on any atom is -0.519 e. The van der Waals surface area contributed by atoms with E-state index in [0.717, 1.165) is 12.1 Å². The van der Waals surface area contributed by atoms with Gasteiger partial charge < -0.3 is 9.31 Å². The molecule has 0 unspecified atom stereocenters. The molecule has 0 saturated carbocycles. The van der Waals surface area contributed by atoms with Gasteiger partial charge in [0.1, 0.15) is 5.82 Å². The summed E-state index contributed by atoms with van der Waals surface area (Å²) < 4.78 is 282. The first-order chi connectivity index (χ1) is 26.3. The van der Waals surface area contributed by atoms with Crippen LogP contribution in [0.5, 0.6) is 11.5 Å². The number of benzene rings is 7. The summed E-state index contributed by atoms with van der Waals surface area (Å²) in [6.45, 7) is 0. The summed E-state index contributed by atoms with van der Waals surface area (Å²) in [5, 5.41) is -11.6. The largest absolute Gasteiger partial charge is 0.636 e. The van der Waals surface area contributed by atoms with Crippen molar-refractivity contribution in [1.82, 2.24) is 0 Å². The third-order valence-electron chi connectivity index (χ3n) is 9.22. The van der Waals surface area contributed by atoms with Crippen LogP contribution in [0.3, 0.4) is 0 Å². The number of fused-ring (bicyclic) bond motifs is 3. The van der Waals surface area contributed by atoms with Crippen LogP contribution in [0.25, 0.3) is 43.4 Å². The Morgan fingerprint density at radius 1 is 0.357 bits per heavy atom. The highest BCUT2D eigenvalue weighted by Crippen LogP contribution is 2.49. The zero-order chi connectivity index (χ0) is 40.7. The lowest BCUT2D eigenvalue weighted by Gasteiger charge is -2.24. The summed E-state index contributed by atoms with van der Waals surface area (Å²) in [6.07, 6.45) is -0.931. The Morgan fingerprint density at radius 2 is 0.750 bits per heavy atom. The molecule has 8 rings (SSSR count). The molecule has 0 bridgehead atoms. The Balaban J connectivity index is 1.51. The fourth-order valence-electron chi connectivity index (χ4n) is 6.85. The topological polar surface area (TPSA) is 18.5 Å². The van der Waals surface area contributed by atoms with Crippen LogP contribution in [-0.2, 0) is 6.42 Å². The average Bonchev–Trinajstić information content (AvgIpc) is 3.56. The molecule has 0 amide bonds. The molecule has 2 nitrogen and oxygen atoms in total. The van der Waals surface area contributed by atoms with Crippen molar-refractivity contribution in [2.75, 3.05) is 0 Å². The van der Waals surface area contributed by atoms with E-state index in [1.807, 2.05) is 0 Å². The van der Waals surface area contributed by atoms with Gasteiger partial charge in [-0.3, -0.25) is 0 Å². The zero-order valence-electron chi connectivity index (χ0n) is 26.1. The molecule has 21 heteroatoms. The number of hydrogen-bond acceptors (Lipinski definition) is 2. The summed E-state index contributed by atoms with van der Waals surface area (Å²) in [7, 11) is -3.59. The van der Waals surface area contributed by atoms with Crippen molar-refractivity contribution in [1.29, 1.82) is 0 Å². The van der Waals surface area contributed by atoms with Gasteiger partial charge in [0.15, 0.2) is 81.3 Å². The van der Waals surface area contributed by atoms with E-state index in [1.54, 1.807) is 0 Å². The lowest BCUT2D eigenvalue weighted by molar-refractivity contribution is 0.331. The number of rotatable bonds is 5.